The summed E-state index contributed by atoms with van der Waals surface area (Å²) in [5, 5.41) is 12.7. The molecule has 5 heteroatoms. The van der Waals surface area contributed by atoms with Gasteiger partial charge < -0.3 is 10.4 Å². The largest absolute Gasteiger partial charge is 0.392 e. The number of amides is 1. The molecule has 5 nitrogen and oxygen atoms in total. The molecule has 3 rings (SSSR count). The van der Waals surface area contributed by atoms with Crippen molar-refractivity contribution in [1.29, 1.82) is 0 Å². The van der Waals surface area contributed by atoms with Gasteiger partial charge >= 0.3 is 0 Å². The van der Waals surface area contributed by atoms with Crippen LogP contribution in [0, 0.1) is 5.41 Å². The quantitative estimate of drug-likeness (QED) is 0.868. The van der Waals surface area contributed by atoms with Crippen LogP contribution < -0.4 is 5.32 Å². The minimum absolute atomic E-state index is 0.0167. The molecule has 0 spiro atoms. The Labute approximate surface area is 117 Å². The molecule has 1 heterocycles. The Morgan fingerprint density at radius 2 is 2.10 bits per heavy atom. The van der Waals surface area contributed by atoms with Crippen molar-refractivity contribution in [1.82, 2.24) is 15.3 Å². The molecule has 1 aromatic heterocycles. The third-order valence-electron chi connectivity index (χ3n) is 4.26. The van der Waals surface area contributed by atoms with Gasteiger partial charge in [0.15, 0.2) is 0 Å². The fourth-order valence-corrected chi connectivity index (χ4v) is 2.56. The summed E-state index contributed by atoms with van der Waals surface area (Å²) in [7, 11) is 0. The summed E-state index contributed by atoms with van der Waals surface area (Å²) in [4.78, 5) is 20.8. The van der Waals surface area contributed by atoms with E-state index in [1.165, 1.54) is 0 Å². The SMILES string of the molecule is CC1(C)C(O)CC1NC(=O)c1cccc2nccnc12. The monoisotopic (exact) mass is 271 g/mol. The zero-order valence-corrected chi connectivity index (χ0v) is 11.5. The van der Waals surface area contributed by atoms with Crippen molar-refractivity contribution < 1.29 is 9.90 Å². The maximum absolute atomic E-state index is 12.4. The highest BCUT2D eigenvalue weighted by molar-refractivity contribution is 6.04. The van der Waals surface area contributed by atoms with Gasteiger partial charge in [-0.05, 0) is 18.6 Å². The molecule has 2 unspecified atom stereocenters. The lowest BCUT2D eigenvalue weighted by atomic mass is 9.64. The number of benzene rings is 1. The van der Waals surface area contributed by atoms with Crippen LogP contribution in [0.2, 0.25) is 0 Å². The molecule has 1 fully saturated rings. The molecular weight excluding hydrogens is 254 g/mol. The maximum Gasteiger partial charge on any atom is 0.253 e. The van der Waals surface area contributed by atoms with Gasteiger partial charge in [0, 0.05) is 23.9 Å². The Balaban J connectivity index is 1.87. The molecule has 1 saturated carbocycles. The van der Waals surface area contributed by atoms with Gasteiger partial charge in [0.25, 0.3) is 5.91 Å². The molecule has 2 aromatic rings. The Morgan fingerprint density at radius 1 is 1.35 bits per heavy atom. The number of aromatic nitrogens is 2. The Morgan fingerprint density at radius 3 is 2.80 bits per heavy atom. The first kappa shape index (κ1) is 13.0. The predicted octanol–water partition coefficient (Wildman–Crippen LogP) is 1.52. The van der Waals surface area contributed by atoms with E-state index in [-0.39, 0.29) is 23.5 Å². The van der Waals surface area contributed by atoms with E-state index in [1.807, 2.05) is 19.9 Å². The van der Waals surface area contributed by atoms with E-state index < -0.39 is 0 Å². The Hall–Kier alpha value is -2.01. The Kier molecular flexibility index (Phi) is 2.94. The normalized spacial score (nSPS) is 24.1. The lowest BCUT2D eigenvalue weighted by molar-refractivity contribution is -0.0689. The summed E-state index contributed by atoms with van der Waals surface area (Å²) in [6, 6.07) is 5.36. The number of carbonyl (C=O) groups excluding carboxylic acids is 1. The zero-order valence-electron chi connectivity index (χ0n) is 11.5. The average Bonchev–Trinajstić information content (AvgIpc) is 2.46. The second kappa shape index (κ2) is 4.52. The highest BCUT2D eigenvalue weighted by Crippen LogP contribution is 2.40. The summed E-state index contributed by atoms with van der Waals surface area (Å²) in [5.41, 5.74) is 1.54. The molecule has 0 aliphatic heterocycles. The molecule has 104 valence electrons. The first-order valence-corrected chi connectivity index (χ1v) is 6.69. The first-order chi connectivity index (χ1) is 9.50. The van der Waals surface area contributed by atoms with E-state index in [9.17, 15) is 9.90 Å². The fraction of sp³-hybridized carbons (Fsp3) is 0.400. The lowest BCUT2D eigenvalue weighted by Gasteiger charge is -2.49. The van der Waals surface area contributed by atoms with Crippen molar-refractivity contribution in [2.45, 2.75) is 32.4 Å². The molecule has 0 radical (unpaired) electrons. The number of nitrogens with one attached hydrogen (secondary N) is 1. The number of fused-ring (bicyclic) bond motifs is 1. The van der Waals surface area contributed by atoms with Gasteiger partial charge in [0.2, 0.25) is 0 Å². The van der Waals surface area contributed by atoms with Crippen LogP contribution in [0.3, 0.4) is 0 Å². The Bertz CT molecular complexity index is 664. The third kappa shape index (κ3) is 1.94. The molecule has 20 heavy (non-hydrogen) atoms. The van der Waals surface area contributed by atoms with Crippen LogP contribution in [0.4, 0.5) is 0 Å². The molecular formula is C15H17N3O2. The van der Waals surface area contributed by atoms with Crippen molar-refractivity contribution in [2.24, 2.45) is 5.41 Å². The highest BCUT2D eigenvalue weighted by Gasteiger charge is 2.48. The van der Waals surface area contributed by atoms with Crippen molar-refractivity contribution in [3.05, 3.63) is 36.2 Å². The summed E-state index contributed by atoms with van der Waals surface area (Å²) in [5.74, 6) is -0.166. The minimum atomic E-state index is -0.361. The second-order valence-electron chi connectivity index (χ2n) is 5.83. The molecule has 1 amide bonds. The van der Waals surface area contributed by atoms with E-state index in [4.69, 9.17) is 0 Å². The van der Waals surface area contributed by atoms with Crippen LogP contribution in [0.15, 0.2) is 30.6 Å². The van der Waals surface area contributed by atoms with Crippen LogP contribution in [0.1, 0.15) is 30.6 Å². The number of nitrogens with zero attached hydrogens (tertiary/aromatic N) is 2. The number of carbonyl (C=O) groups is 1. The highest BCUT2D eigenvalue weighted by atomic mass is 16.3. The van der Waals surface area contributed by atoms with Crippen LogP contribution in [-0.2, 0) is 0 Å². The van der Waals surface area contributed by atoms with E-state index in [0.717, 1.165) is 0 Å². The molecule has 1 aliphatic carbocycles. The van der Waals surface area contributed by atoms with Crippen molar-refractivity contribution in [2.75, 3.05) is 0 Å². The van der Waals surface area contributed by atoms with Crippen LogP contribution in [0.25, 0.3) is 11.0 Å². The molecule has 1 aliphatic rings. The predicted molar refractivity (Wildman–Crippen MR) is 75.2 cm³/mol. The standard InChI is InChI=1S/C15H17N3O2/c1-15(2)11(8-12(15)19)18-14(20)9-4-3-5-10-13(9)17-7-6-16-10/h3-7,11-12,19H,8H2,1-2H3,(H,18,20). The number of para-hydroxylation sites is 1. The summed E-state index contributed by atoms with van der Waals surface area (Å²) in [6.07, 6.45) is 3.42. The smallest absolute Gasteiger partial charge is 0.253 e. The molecule has 2 N–H and O–H groups in total. The van der Waals surface area contributed by atoms with Crippen LogP contribution in [-0.4, -0.2) is 33.1 Å². The maximum atomic E-state index is 12.4. The van der Waals surface area contributed by atoms with Crippen molar-refractivity contribution >= 4 is 16.9 Å². The minimum Gasteiger partial charge on any atom is -0.392 e. The van der Waals surface area contributed by atoms with E-state index in [1.54, 1.807) is 24.5 Å². The average molecular weight is 271 g/mol. The first-order valence-electron chi connectivity index (χ1n) is 6.69. The van der Waals surface area contributed by atoms with Crippen molar-refractivity contribution in [3.8, 4) is 0 Å². The van der Waals surface area contributed by atoms with Gasteiger partial charge in [-0.1, -0.05) is 19.9 Å². The zero-order chi connectivity index (χ0) is 14.3. The molecule has 1 aromatic carbocycles. The van der Waals surface area contributed by atoms with Crippen LogP contribution in [0.5, 0.6) is 0 Å². The second-order valence-corrected chi connectivity index (χ2v) is 5.83. The number of hydrogen-bond donors (Lipinski definition) is 2. The number of aliphatic hydroxyl groups is 1. The van der Waals surface area contributed by atoms with E-state index >= 15 is 0 Å². The summed E-state index contributed by atoms with van der Waals surface area (Å²) < 4.78 is 0. The molecule has 2 atom stereocenters. The topological polar surface area (TPSA) is 75.1 Å². The van der Waals surface area contributed by atoms with Gasteiger partial charge in [-0.15, -0.1) is 0 Å². The van der Waals surface area contributed by atoms with Gasteiger partial charge in [-0.2, -0.15) is 0 Å². The number of rotatable bonds is 2. The molecule has 0 bridgehead atoms. The van der Waals surface area contributed by atoms with E-state index in [0.29, 0.717) is 23.0 Å². The number of hydrogen-bond acceptors (Lipinski definition) is 4. The van der Waals surface area contributed by atoms with Crippen LogP contribution >= 0.6 is 0 Å². The third-order valence-corrected chi connectivity index (χ3v) is 4.26. The van der Waals surface area contributed by atoms with Gasteiger partial charge in [-0.25, -0.2) is 0 Å². The number of aliphatic hydroxyl groups excluding tert-OH is 1. The summed E-state index contributed by atoms with van der Waals surface area (Å²) in [6.45, 7) is 3.91. The van der Waals surface area contributed by atoms with Gasteiger partial charge in [0.1, 0.15) is 5.52 Å². The summed E-state index contributed by atoms with van der Waals surface area (Å²) >= 11 is 0. The van der Waals surface area contributed by atoms with Gasteiger partial charge in [-0.3, -0.25) is 14.8 Å². The van der Waals surface area contributed by atoms with Gasteiger partial charge in [0.05, 0.1) is 17.2 Å². The lowest BCUT2D eigenvalue weighted by Crippen LogP contribution is -2.61. The van der Waals surface area contributed by atoms with Crippen molar-refractivity contribution in [3.63, 3.8) is 0 Å². The fourth-order valence-electron chi connectivity index (χ4n) is 2.56. The molecule has 0 saturated heterocycles. The van der Waals surface area contributed by atoms with E-state index in [2.05, 4.69) is 15.3 Å².